The van der Waals surface area contributed by atoms with Gasteiger partial charge in [-0.2, -0.15) is 0 Å². The van der Waals surface area contributed by atoms with Crippen LogP contribution in [0.25, 0.3) is 0 Å². The maximum absolute atomic E-state index is 11.8. The highest BCUT2D eigenvalue weighted by molar-refractivity contribution is 8.14. The maximum Gasteiger partial charge on any atom is 0.257 e. The number of thioether (sulfide) groups is 1. The lowest BCUT2D eigenvalue weighted by Crippen LogP contribution is -2.27. The van der Waals surface area contributed by atoms with Gasteiger partial charge in [0.2, 0.25) is 0 Å². The van der Waals surface area contributed by atoms with Gasteiger partial charge in [0.25, 0.3) is 5.91 Å². The number of nitrogens with one attached hydrogen (secondary N) is 1. The molecule has 0 aliphatic carbocycles. The number of methoxy groups -OCH3 is 1. The Morgan fingerprint density at radius 3 is 2.82 bits per heavy atom. The van der Waals surface area contributed by atoms with Gasteiger partial charge in [0.1, 0.15) is 0 Å². The first kappa shape index (κ1) is 12.1. The summed E-state index contributed by atoms with van der Waals surface area (Å²) in [5.41, 5.74) is 1.69. The van der Waals surface area contributed by atoms with Crippen molar-refractivity contribution in [3.05, 3.63) is 35.4 Å². The summed E-state index contributed by atoms with van der Waals surface area (Å²) in [6, 6.07) is 7.37. The monoisotopic (exact) mass is 250 g/mol. The minimum absolute atomic E-state index is 0.109. The summed E-state index contributed by atoms with van der Waals surface area (Å²) >= 11 is 1.57. The molecule has 90 valence electrons. The molecule has 4 nitrogen and oxygen atoms in total. The van der Waals surface area contributed by atoms with Crippen LogP contribution in [0.4, 0.5) is 0 Å². The van der Waals surface area contributed by atoms with Gasteiger partial charge in [-0.25, -0.2) is 0 Å². The summed E-state index contributed by atoms with van der Waals surface area (Å²) in [4.78, 5) is 16.0. The molecule has 0 atom stereocenters. The molecule has 0 radical (unpaired) electrons. The van der Waals surface area contributed by atoms with Crippen molar-refractivity contribution in [2.24, 2.45) is 4.99 Å². The molecule has 0 fully saturated rings. The first-order valence-corrected chi connectivity index (χ1v) is 6.34. The van der Waals surface area contributed by atoms with Crippen molar-refractivity contribution < 1.29 is 9.53 Å². The molecule has 2 rings (SSSR count). The van der Waals surface area contributed by atoms with Gasteiger partial charge in [0.05, 0.1) is 13.2 Å². The highest BCUT2D eigenvalue weighted by Gasteiger charge is 2.12. The topological polar surface area (TPSA) is 50.7 Å². The van der Waals surface area contributed by atoms with Gasteiger partial charge in [-0.05, 0) is 17.7 Å². The molecule has 1 heterocycles. The summed E-state index contributed by atoms with van der Waals surface area (Å²) < 4.78 is 5.01. The number of hydrogen-bond donors (Lipinski definition) is 1. The molecule has 0 aromatic heterocycles. The highest BCUT2D eigenvalue weighted by atomic mass is 32.2. The van der Waals surface area contributed by atoms with Crippen LogP contribution in [0.2, 0.25) is 0 Å². The molecule has 17 heavy (non-hydrogen) atoms. The molecule has 1 aliphatic heterocycles. The van der Waals surface area contributed by atoms with Crippen molar-refractivity contribution in [2.45, 2.75) is 6.61 Å². The number of rotatable bonds is 3. The molecule has 0 bridgehead atoms. The van der Waals surface area contributed by atoms with E-state index in [0.717, 1.165) is 23.0 Å². The standard InChI is InChI=1S/C12H14N2O2S/c1-16-8-9-2-4-10(5-3-9)11(15)14-12-13-6-7-17-12/h2-5H,6-8H2,1H3,(H,13,14,15). The van der Waals surface area contributed by atoms with Crippen LogP contribution in [0, 0.1) is 0 Å². The number of carbonyl (C=O) groups is 1. The first-order valence-electron chi connectivity index (χ1n) is 5.36. The second-order valence-corrected chi connectivity index (χ2v) is 4.70. The Morgan fingerprint density at radius 1 is 1.47 bits per heavy atom. The predicted octanol–water partition coefficient (Wildman–Crippen LogP) is 1.67. The Kier molecular flexibility index (Phi) is 4.17. The fraction of sp³-hybridized carbons (Fsp3) is 0.333. The van der Waals surface area contributed by atoms with Gasteiger partial charge < -0.3 is 10.1 Å². The van der Waals surface area contributed by atoms with Gasteiger partial charge in [0, 0.05) is 18.4 Å². The Labute approximate surface area is 104 Å². The molecule has 0 saturated heterocycles. The molecule has 0 spiro atoms. The molecular weight excluding hydrogens is 236 g/mol. The molecule has 1 aromatic carbocycles. The van der Waals surface area contributed by atoms with E-state index in [9.17, 15) is 4.79 Å². The number of amides is 1. The minimum Gasteiger partial charge on any atom is -0.380 e. The third kappa shape index (κ3) is 3.31. The lowest BCUT2D eigenvalue weighted by molar-refractivity contribution is 0.0978. The maximum atomic E-state index is 11.8. The fourth-order valence-electron chi connectivity index (χ4n) is 1.50. The lowest BCUT2D eigenvalue weighted by atomic mass is 10.1. The van der Waals surface area contributed by atoms with E-state index < -0.39 is 0 Å². The Balaban J connectivity index is 1.98. The summed E-state index contributed by atoms with van der Waals surface area (Å²) in [7, 11) is 1.65. The number of aliphatic imine (C=N–C) groups is 1. The summed E-state index contributed by atoms with van der Waals surface area (Å²) in [5, 5.41) is 3.51. The fourth-order valence-corrected chi connectivity index (χ4v) is 2.22. The van der Waals surface area contributed by atoms with Gasteiger partial charge in [0.15, 0.2) is 5.17 Å². The molecule has 0 unspecified atom stereocenters. The highest BCUT2D eigenvalue weighted by Crippen LogP contribution is 2.10. The molecule has 5 heteroatoms. The van der Waals surface area contributed by atoms with Crippen LogP contribution in [0.1, 0.15) is 15.9 Å². The molecule has 1 aromatic rings. The predicted molar refractivity (Wildman–Crippen MR) is 69.4 cm³/mol. The largest absolute Gasteiger partial charge is 0.380 e. The Bertz CT molecular complexity index is 429. The average molecular weight is 250 g/mol. The van der Waals surface area contributed by atoms with E-state index in [1.807, 2.05) is 12.1 Å². The zero-order chi connectivity index (χ0) is 12.1. The van der Waals surface area contributed by atoms with Gasteiger partial charge >= 0.3 is 0 Å². The summed E-state index contributed by atoms with van der Waals surface area (Å²) in [5.74, 6) is 0.838. The minimum atomic E-state index is -0.109. The number of carbonyl (C=O) groups excluding carboxylic acids is 1. The van der Waals surface area contributed by atoms with Crippen LogP contribution in [0.3, 0.4) is 0 Å². The molecular formula is C12H14N2O2S. The van der Waals surface area contributed by atoms with Gasteiger partial charge in [-0.15, -0.1) is 0 Å². The van der Waals surface area contributed by atoms with Crippen LogP contribution >= 0.6 is 11.8 Å². The average Bonchev–Trinajstić information content (AvgIpc) is 2.83. The smallest absolute Gasteiger partial charge is 0.257 e. The van der Waals surface area contributed by atoms with Crippen LogP contribution in [0.5, 0.6) is 0 Å². The van der Waals surface area contributed by atoms with Crippen LogP contribution in [-0.2, 0) is 11.3 Å². The van der Waals surface area contributed by atoms with Crippen molar-refractivity contribution in [1.29, 1.82) is 0 Å². The van der Waals surface area contributed by atoms with Crippen molar-refractivity contribution in [2.75, 3.05) is 19.4 Å². The van der Waals surface area contributed by atoms with E-state index in [2.05, 4.69) is 10.3 Å². The van der Waals surface area contributed by atoms with E-state index in [1.165, 1.54) is 0 Å². The third-order valence-corrected chi connectivity index (χ3v) is 3.22. The summed E-state index contributed by atoms with van der Waals surface area (Å²) in [6.45, 7) is 1.34. The van der Waals surface area contributed by atoms with E-state index >= 15 is 0 Å². The van der Waals surface area contributed by atoms with E-state index in [1.54, 1.807) is 31.0 Å². The second kappa shape index (κ2) is 5.84. The number of ether oxygens (including phenoxy) is 1. The number of nitrogens with zero attached hydrogens (tertiary/aromatic N) is 1. The zero-order valence-corrected chi connectivity index (χ0v) is 10.4. The quantitative estimate of drug-likeness (QED) is 0.887. The van der Waals surface area contributed by atoms with Crippen molar-refractivity contribution >= 4 is 22.8 Å². The molecule has 1 aliphatic rings. The van der Waals surface area contributed by atoms with E-state index in [-0.39, 0.29) is 5.91 Å². The molecule has 1 amide bonds. The normalized spacial score (nSPS) is 14.5. The number of hydrogen-bond acceptors (Lipinski definition) is 4. The second-order valence-electron chi connectivity index (χ2n) is 3.62. The first-order chi connectivity index (χ1) is 8.29. The van der Waals surface area contributed by atoms with Gasteiger partial charge in [-0.1, -0.05) is 23.9 Å². The lowest BCUT2D eigenvalue weighted by Gasteiger charge is -2.05. The van der Waals surface area contributed by atoms with Crippen LogP contribution in [-0.4, -0.2) is 30.5 Å². The molecule has 1 N–H and O–H groups in total. The zero-order valence-electron chi connectivity index (χ0n) is 9.60. The molecule has 0 saturated carbocycles. The van der Waals surface area contributed by atoms with Crippen LogP contribution in [0.15, 0.2) is 29.3 Å². The summed E-state index contributed by atoms with van der Waals surface area (Å²) in [6.07, 6.45) is 0. The van der Waals surface area contributed by atoms with E-state index in [4.69, 9.17) is 4.74 Å². The van der Waals surface area contributed by atoms with Gasteiger partial charge in [-0.3, -0.25) is 9.79 Å². The van der Waals surface area contributed by atoms with Crippen molar-refractivity contribution in [3.8, 4) is 0 Å². The third-order valence-electron chi connectivity index (χ3n) is 2.33. The Hall–Kier alpha value is -1.33. The van der Waals surface area contributed by atoms with Crippen LogP contribution < -0.4 is 5.32 Å². The van der Waals surface area contributed by atoms with Crippen molar-refractivity contribution in [3.63, 3.8) is 0 Å². The number of amidine groups is 1. The SMILES string of the molecule is COCc1ccc(C(=O)NC2=NCCS2)cc1. The Morgan fingerprint density at radius 2 is 2.24 bits per heavy atom. The van der Waals surface area contributed by atoms with Crippen molar-refractivity contribution in [1.82, 2.24) is 5.32 Å². The van der Waals surface area contributed by atoms with E-state index in [0.29, 0.717) is 12.2 Å². The number of benzene rings is 1.